The topological polar surface area (TPSA) is 76.7 Å². The minimum absolute atomic E-state index is 0.135. The molecule has 0 heterocycles. The number of hydrogen-bond donors (Lipinski definition) is 1. The maximum absolute atomic E-state index is 11.5. The molecule has 1 atom stereocenters. The Morgan fingerprint density at radius 2 is 2.12 bits per heavy atom. The van der Waals surface area contributed by atoms with E-state index < -0.39 is 0 Å². The monoisotopic (exact) mass is 213 g/mol. The number of benzene rings is 1. The second-order valence-corrected chi connectivity index (χ2v) is 3.44. The number of amides is 1. The van der Waals surface area contributed by atoms with Gasteiger partial charge in [-0.1, -0.05) is 12.1 Å². The lowest BCUT2D eigenvalue weighted by Gasteiger charge is -2.07. The van der Waals surface area contributed by atoms with Crippen molar-refractivity contribution in [2.75, 3.05) is 5.32 Å². The average Bonchev–Trinajstić information content (AvgIpc) is 2.29. The second-order valence-electron chi connectivity index (χ2n) is 3.44. The summed E-state index contributed by atoms with van der Waals surface area (Å²) in [5.74, 6) is -0.578. The van der Waals surface area contributed by atoms with Gasteiger partial charge in [0, 0.05) is 6.42 Å². The summed E-state index contributed by atoms with van der Waals surface area (Å²) < 4.78 is 0. The first-order chi connectivity index (χ1) is 7.67. The van der Waals surface area contributed by atoms with Crippen molar-refractivity contribution in [3.63, 3.8) is 0 Å². The van der Waals surface area contributed by atoms with Crippen LogP contribution in [0.5, 0.6) is 0 Å². The Balaban J connectivity index is 2.71. The summed E-state index contributed by atoms with van der Waals surface area (Å²) in [6.45, 7) is 1.68. The number of nitriles is 2. The molecule has 0 aliphatic rings. The molecule has 0 saturated heterocycles. The summed E-state index contributed by atoms with van der Waals surface area (Å²) in [6.07, 6.45) is 0.135. The molecule has 4 nitrogen and oxygen atoms in total. The Morgan fingerprint density at radius 1 is 1.44 bits per heavy atom. The van der Waals surface area contributed by atoms with Crippen LogP contribution in [0, 0.1) is 28.6 Å². The number of carbonyl (C=O) groups excluding carboxylic acids is 1. The molecule has 80 valence electrons. The maximum atomic E-state index is 11.5. The minimum atomic E-state index is -0.325. The fourth-order valence-corrected chi connectivity index (χ4v) is 1.21. The van der Waals surface area contributed by atoms with Gasteiger partial charge < -0.3 is 5.32 Å². The van der Waals surface area contributed by atoms with Crippen LogP contribution in [0.25, 0.3) is 0 Å². The Bertz CT molecular complexity index is 468. The number of rotatable bonds is 3. The lowest BCUT2D eigenvalue weighted by Crippen LogP contribution is -2.15. The number of carbonyl (C=O) groups is 1. The van der Waals surface area contributed by atoms with Crippen molar-refractivity contribution < 1.29 is 4.79 Å². The van der Waals surface area contributed by atoms with Crippen molar-refractivity contribution in [1.29, 1.82) is 10.5 Å². The third-order valence-electron chi connectivity index (χ3n) is 2.03. The van der Waals surface area contributed by atoms with E-state index in [0.717, 1.165) is 0 Å². The molecular formula is C12H11N3O. The zero-order chi connectivity index (χ0) is 12.0. The zero-order valence-corrected chi connectivity index (χ0v) is 8.90. The Morgan fingerprint density at radius 3 is 2.75 bits per heavy atom. The number of anilines is 1. The fraction of sp³-hybridized carbons (Fsp3) is 0.250. The van der Waals surface area contributed by atoms with E-state index in [9.17, 15) is 4.79 Å². The van der Waals surface area contributed by atoms with Crippen LogP contribution < -0.4 is 5.32 Å². The van der Waals surface area contributed by atoms with Gasteiger partial charge >= 0.3 is 0 Å². The van der Waals surface area contributed by atoms with E-state index in [1.807, 2.05) is 12.1 Å². The number of hydrogen-bond acceptors (Lipinski definition) is 3. The van der Waals surface area contributed by atoms with Crippen molar-refractivity contribution in [3.05, 3.63) is 29.8 Å². The molecule has 1 unspecified atom stereocenters. The quantitative estimate of drug-likeness (QED) is 0.834. The molecule has 0 aromatic heterocycles. The molecular weight excluding hydrogens is 202 g/mol. The van der Waals surface area contributed by atoms with E-state index in [-0.39, 0.29) is 18.2 Å². The molecule has 1 aromatic rings. The fourth-order valence-electron chi connectivity index (χ4n) is 1.21. The summed E-state index contributed by atoms with van der Waals surface area (Å²) >= 11 is 0. The van der Waals surface area contributed by atoms with E-state index in [1.54, 1.807) is 31.2 Å². The van der Waals surface area contributed by atoms with Crippen LogP contribution in [0.2, 0.25) is 0 Å². The smallest absolute Gasteiger partial charge is 0.225 e. The first kappa shape index (κ1) is 11.7. The van der Waals surface area contributed by atoms with Crippen molar-refractivity contribution in [3.8, 4) is 12.1 Å². The molecule has 16 heavy (non-hydrogen) atoms. The third kappa shape index (κ3) is 3.11. The lowest BCUT2D eigenvalue weighted by molar-refractivity contribution is -0.116. The molecule has 0 aliphatic carbocycles. The second kappa shape index (κ2) is 5.53. The normalized spacial score (nSPS) is 10.9. The van der Waals surface area contributed by atoms with Gasteiger partial charge in [-0.15, -0.1) is 0 Å². The Kier molecular flexibility index (Phi) is 4.06. The summed E-state index contributed by atoms with van der Waals surface area (Å²) in [6, 6.07) is 10.7. The van der Waals surface area contributed by atoms with Crippen LogP contribution in [0.15, 0.2) is 24.3 Å². The SMILES string of the molecule is CC(C#N)CC(=O)Nc1ccccc1C#N. The van der Waals surface area contributed by atoms with Crippen LogP contribution in [0.3, 0.4) is 0 Å². The van der Waals surface area contributed by atoms with Crippen LogP contribution in [-0.4, -0.2) is 5.91 Å². The highest BCUT2D eigenvalue weighted by Crippen LogP contribution is 2.14. The molecule has 0 fully saturated rings. The number of nitrogens with zero attached hydrogens (tertiary/aromatic N) is 2. The molecule has 1 N–H and O–H groups in total. The van der Waals surface area contributed by atoms with Crippen molar-refractivity contribution in [2.45, 2.75) is 13.3 Å². The van der Waals surface area contributed by atoms with Gasteiger partial charge in [-0.05, 0) is 19.1 Å². The van der Waals surface area contributed by atoms with Crippen LogP contribution in [0.1, 0.15) is 18.9 Å². The predicted molar refractivity (Wildman–Crippen MR) is 59.2 cm³/mol. The van der Waals surface area contributed by atoms with E-state index in [4.69, 9.17) is 10.5 Å². The van der Waals surface area contributed by atoms with E-state index in [0.29, 0.717) is 11.3 Å². The minimum Gasteiger partial charge on any atom is -0.325 e. The summed E-state index contributed by atoms with van der Waals surface area (Å²) in [5.41, 5.74) is 0.903. The van der Waals surface area contributed by atoms with Crippen molar-refractivity contribution in [2.24, 2.45) is 5.92 Å². The van der Waals surface area contributed by atoms with Crippen molar-refractivity contribution in [1.82, 2.24) is 0 Å². The highest BCUT2D eigenvalue weighted by molar-refractivity contribution is 5.92. The van der Waals surface area contributed by atoms with Crippen LogP contribution in [0.4, 0.5) is 5.69 Å². The number of para-hydroxylation sites is 1. The van der Waals surface area contributed by atoms with E-state index >= 15 is 0 Å². The molecule has 0 spiro atoms. The summed E-state index contributed by atoms with van der Waals surface area (Å²) in [7, 11) is 0. The maximum Gasteiger partial charge on any atom is 0.225 e. The van der Waals surface area contributed by atoms with Gasteiger partial charge in [0.05, 0.1) is 23.2 Å². The van der Waals surface area contributed by atoms with Gasteiger partial charge in [-0.2, -0.15) is 10.5 Å². The van der Waals surface area contributed by atoms with Crippen molar-refractivity contribution >= 4 is 11.6 Å². The molecule has 0 saturated carbocycles. The first-order valence-corrected chi connectivity index (χ1v) is 4.86. The lowest BCUT2D eigenvalue weighted by atomic mass is 10.1. The van der Waals surface area contributed by atoms with Gasteiger partial charge in [0.15, 0.2) is 0 Å². The average molecular weight is 213 g/mol. The van der Waals surface area contributed by atoms with E-state index in [2.05, 4.69) is 5.32 Å². The first-order valence-electron chi connectivity index (χ1n) is 4.86. The predicted octanol–water partition coefficient (Wildman–Crippen LogP) is 2.05. The van der Waals surface area contributed by atoms with Gasteiger partial charge in [0.25, 0.3) is 0 Å². The molecule has 1 aromatic carbocycles. The Hall–Kier alpha value is -2.33. The molecule has 1 amide bonds. The van der Waals surface area contributed by atoms with Crippen LogP contribution in [-0.2, 0) is 4.79 Å². The van der Waals surface area contributed by atoms with Gasteiger partial charge in [-0.25, -0.2) is 0 Å². The van der Waals surface area contributed by atoms with Gasteiger partial charge in [0.2, 0.25) is 5.91 Å². The molecule has 1 rings (SSSR count). The van der Waals surface area contributed by atoms with Gasteiger partial charge in [0.1, 0.15) is 6.07 Å². The molecule has 0 radical (unpaired) electrons. The largest absolute Gasteiger partial charge is 0.325 e. The third-order valence-corrected chi connectivity index (χ3v) is 2.03. The molecule has 0 aliphatic heterocycles. The van der Waals surface area contributed by atoms with Gasteiger partial charge in [-0.3, -0.25) is 4.79 Å². The summed E-state index contributed by atoms with van der Waals surface area (Å²) in [4.78, 5) is 11.5. The van der Waals surface area contributed by atoms with Crippen LogP contribution >= 0.6 is 0 Å². The Labute approximate surface area is 94.1 Å². The standard InChI is InChI=1S/C12H11N3O/c1-9(7-13)6-12(16)15-11-5-3-2-4-10(11)8-14/h2-5,9H,6H2,1H3,(H,15,16). The van der Waals surface area contributed by atoms with E-state index in [1.165, 1.54) is 0 Å². The summed E-state index contributed by atoms with van der Waals surface area (Å²) in [5, 5.41) is 20.0. The number of nitrogens with one attached hydrogen (secondary N) is 1. The highest BCUT2D eigenvalue weighted by Gasteiger charge is 2.09. The molecule has 0 bridgehead atoms. The highest BCUT2D eigenvalue weighted by atomic mass is 16.1. The zero-order valence-electron chi connectivity index (χ0n) is 8.90. The molecule has 4 heteroatoms.